The zero-order valence-corrected chi connectivity index (χ0v) is 16.7. The van der Waals surface area contributed by atoms with Crippen molar-refractivity contribution >= 4 is 5.91 Å². The summed E-state index contributed by atoms with van der Waals surface area (Å²) in [6.45, 7) is 1.12. The fourth-order valence-electron chi connectivity index (χ4n) is 3.66. The fourth-order valence-corrected chi connectivity index (χ4v) is 3.66. The van der Waals surface area contributed by atoms with E-state index in [1.807, 2.05) is 36.4 Å². The lowest BCUT2D eigenvalue weighted by Gasteiger charge is -2.29. The maximum absolute atomic E-state index is 13.0. The van der Waals surface area contributed by atoms with Crippen LogP contribution in [0.3, 0.4) is 0 Å². The minimum Gasteiger partial charge on any atom is -0.496 e. The number of amides is 1. The molecule has 1 amide bonds. The molecule has 6 nitrogen and oxygen atoms in total. The summed E-state index contributed by atoms with van der Waals surface area (Å²) in [5.41, 5.74) is 3.04. The second-order valence-electron chi connectivity index (χ2n) is 6.82. The molecular weight excluding hydrogens is 370 g/mol. The third-order valence-corrected chi connectivity index (χ3v) is 5.19. The van der Waals surface area contributed by atoms with Gasteiger partial charge < -0.3 is 23.5 Å². The molecule has 0 atom stereocenters. The smallest absolute Gasteiger partial charge is 0.289 e. The third kappa shape index (κ3) is 3.53. The highest BCUT2D eigenvalue weighted by atomic mass is 16.5. The molecule has 4 rings (SSSR count). The Morgan fingerprint density at radius 2 is 1.59 bits per heavy atom. The number of hydrogen-bond acceptors (Lipinski definition) is 5. The van der Waals surface area contributed by atoms with Crippen LogP contribution in [0.25, 0.3) is 11.3 Å². The van der Waals surface area contributed by atoms with Crippen molar-refractivity contribution in [3.8, 4) is 28.6 Å². The minimum atomic E-state index is -0.133. The van der Waals surface area contributed by atoms with Gasteiger partial charge in [0.25, 0.3) is 5.91 Å². The number of ether oxygens (including phenoxy) is 3. The van der Waals surface area contributed by atoms with Gasteiger partial charge in [-0.05, 0) is 53.9 Å². The van der Waals surface area contributed by atoms with Crippen molar-refractivity contribution in [1.29, 1.82) is 0 Å². The highest BCUT2D eigenvalue weighted by Crippen LogP contribution is 2.34. The number of furan rings is 1. The summed E-state index contributed by atoms with van der Waals surface area (Å²) in [5, 5.41) is 0. The molecule has 0 fully saturated rings. The van der Waals surface area contributed by atoms with Gasteiger partial charge in [-0.15, -0.1) is 0 Å². The van der Waals surface area contributed by atoms with Gasteiger partial charge in [0.2, 0.25) is 0 Å². The van der Waals surface area contributed by atoms with Crippen molar-refractivity contribution in [1.82, 2.24) is 4.90 Å². The SMILES string of the molecule is COc1cc2c(cc1OC)CN(C(=O)c1ccc(-c3ccccc3OC)o1)CC2. The van der Waals surface area contributed by atoms with Gasteiger partial charge in [0.15, 0.2) is 17.3 Å². The van der Waals surface area contributed by atoms with Crippen LogP contribution in [-0.4, -0.2) is 38.7 Å². The van der Waals surface area contributed by atoms with Gasteiger partial charge in [-0.1, -0.05) is 12.1 Å². The predicted molar refractivity (Wildman–Crippen MR) is 109 cm³/mol. The Morgan fingerprint density at radius 1 is 0.897 bits per heavy atom. The van der Waals surface area contributed by atoms with Crippen LogP contribution in [-0.2, 0) is 13.0 Å². The summed E-state index contributed by atoms with van der Waals surface area (Å²) in [6, 6.07) is 15.0. The van der Waals surface area contributed by atoms with Crippen LogP contribution in [0.5, 0.6) is 17.2 Å². The van der Waals surface area contributed by atoms with E-state index in [0.717, 1.165) is 17.5 Å². The predicted octanol–water partition coefficient (Wildman–Crippen LogP) is 4.17. The van der Waals surface area contributed by atoms with Gasteiger partial charge >= 0.3 is 0 Å². The molecule has 6 heteroatoms. The molecule has 1 aliphatic rings. The summed E-state index contributed by atoms with van der Waals surface area (Å²) in [4.78, 5) is 14.8. The van der Waals surface area contributed by atoms with Crippen LogP contribution in [0.15, 0.2) is 52.9 Å². The van der Waals surface area contributed by atoms with Gasteiger partial charge in [-0.25, -0.2) is 0 Å². The third-order valence-electron chi connectivity index (χ3n) is 5.19. The second-order valence-corrected chi connectivity index (χ2v) is 6.82. The van der Waals surface area contributed by atoms with Gasteiger partial charge in [-0.3, -0.25) is 4.79 Å². The summed E-state index contributed by atoms with van der Waals surface area (Å²) in [6.07, 6.45) is 0.751. The molecule has 1 aliphatic heterocycles. The number of methoxy groups -OCH3 is 3. The van der Waals surface area contributed by atoms with Crippen LogP contribution < -0.4 is 14.2 Å². The molecule has 0 N–H and O–H groups in total. The maximum atomic E-state index is 13.0. The molecule has 0 aliphatic carbocycles. The monoisotopic (exact) mass is 393 g/mol. The number of carbonyl (C=O) groups is 1. The number of carbonyl (C=O) groups excluding carboxylic acids is 1. The van der Waals surface area contributed by atoms with Crippen molar-refractivity contribution in [3.63, 3.8) is 0 Å². The first-order valence-electron chi connectivity index (χ1n) is 9.41. The van der Waals surface area contributed by atoms with E-state index in [4.69, 9.17) is 18.6 Å². The second kappa shape index (κ2) is 7.91. The molecule has 150 valence electrons. The molecule has 3 aromatic rings. The summed E-state index contributed by atoms with van der Waals surface area (Å²) in [7, 11) is 4.85. The van der Waals surface area contributed by atoms with Gasteiger partial charge in [0, 0.05) is 13.1 Å². The van der Waals surface area contributed by atoms with E-state index in [0.29, 0.717) is 41.9 Å². The standard InChI is InChI=1S/C23H23NO5/c1-26-18-7-5-4-6-17(18)19-8-9-20(29-19)23(25)24-11-10-15-12-21(27-2)22(28-3)13-16(15)14-24/h4-9,12-13H,10-11,14H2,1-3H3. The van der Waals surface area contributed by atoms with Gasteiger partial charge in [-0.2, -0.15) is 0 Å². The number of fused-ring (bicyclic) bond motifs is 1. The molecule has 0 unspecified atom stereocenters. The summed E-state index contributed by atoms with van der Waals surface area (Å²) >= 11 is 0. The minimum absolute atomic E-state index is 0.133. The normalized spacial score (nSPS) is 13.0. The first kappa shape index (κ1) is 18.9. The number of hydrogen-bond donors (Lipinski definition) is 0. The van der Waals surface area contributed by atoms with Crippen LogP contribution in [0.2, 0.25) is 0 Å². The number of benzene rings is 2. The zero-order valence-electron chi connectivity index (χ0n) is 16.7. The zero-order chi connectivity index (χ0) is 20.4. The van der Waals surface area contributed by atoms with Gasteiger partial charge in [0.1, 0.15) is 11.5 Å². The van der Waals surface area contributed by atoms with E-state index < -0.39 is 0 Å². The lowest BCUT2D eigenvalue weighted by atomic mass is 9.98. The van der Waals surface area contributed by atoms with Crippen molar-refractivity contribution in [2.75, 3.05) is 27.9 Å². The van der Waals surface area contributed by atoms with E-state index in [1.54, 1.807) is 38.4 Å². The summed E-state index contributed by atoms with van der Waals surface area (Å²) < 4.78 is 22.0. The molecule has 0 saturated carbocycles. The Balaban J connectivity index is 1.57. The molecule has 0 saturated heterocycles. The Morgan fingerprint density at radius 3 is 2.31 bits per heavy atom. The molecule has 0 spiro atoms. The number of rotatable bonds is 5. The largest absolute Gasteiger partial charge is 0.496 e. The van der Waals surface area contributed by atoms with Crippen LogP contribution in [0.4, 0.5) is 0 Å². The fraction of sp³-hybridized carbons (Fsp3) is 0.261. The Bertz CT molecular complexity index is 1040. The Hall–Kier alpha value is -3.41. The highest BCUT2D eigenvalue weighted by Gasteiger charge is 2.26. The average Bonchev–Trinajstić information content (AvgIpc) is 3.27. The Kier molecular flexibility index (Phi) is 5.16. The van der Waals surface area contributed by atoms with E-state index in [9.17, 15) is 4.79 Å². The quantitative estimate of drug-likeness (QED) is 0.651. The Labute approximate surface area is 169 Å². The molecular formula is C23H23NO5. The van der Waals surface area contributed by atoms with Crippen LogP contribution in [0, 0.1) is 0 Å². The number of para-hydroxylation sites is 1. The first-order chi connectivity index (χ1) is 14.1. The lowest BCUT2D eigenvalue weighted by Crippen LogP contribution is -2.35. The van der Waals surface area contributed by atoms with Crippen LogP contribution >= 0.6 is 0 Å². The molecule has 2 heterocycles. The van der Waals surface area contributed by atoms with Crippen molar-refractivity contribution in [2.45, 2.75) is 13.0 Å². The van der Waals surface area contributed by atoms with E-state index in [1.165, 1.54) is 5.56 Å². The maximum Gasteiger partial charge on any atom is 0.289 e. The molecule has 1 aromatic heterocycles. The molecule has 2 aromatic carbocycles. The van der Waals surface area contributed by atoms with Gasteiger partial charge in [0.05, 0.1) is 26.9 Å². The van der Waals surface area contributed by atoms with Crippen molar-refractivity contribution < 1.29 is 23.4 Å². The van der Waals surface area contributed by atoms with Crippen LogP contribution in [0.1, 0.15) is 21.7 Å². The molecule has 0 bridgehead atoms. The van der Waals surface area contributed by atoms with E-state index in [-0.39, 0.29) is 5.91 Å². The van der Waals surface area contributed by atoms with Crippen molar-refractivity contribution in [2.24, 2.45) is 0 Å². The molecule has 29 heavy (non-hydrogen) atoms. The van der Waals surface area contributed by atoms with E-state index in [2.05, 4.69) is 0 Å². The number of nitrogens with zero attached hydrogens (tertiary/aromatic N) is 1. The lowest BCUT2D eigenvalue weighted by molar-refractivity contribution is 0.0703. The highest BCUT2D eigenvalue weighted by molar-refractivity contribution is 5.92. The average molecular weight is 393 g/mol. The summed E-state index contributed by atoms with van der Waals surface area (Å²) in [5.74, 6) is 2.86. The topological polar surface area (TPSA) is 61.1 Å². The van der Waals surface area contributed by atoms with E-state index >= 15 is 0 Å². The molecule has 0 radical (unpaired) electrons. The van der Waals surface area contributed by atoms with Crippen molar-refractivity contribution in [3.05, 3.63) is 65.4 Å². The first-order valence-corrected chi connectivity index (χ1v) is 9.41.